The van der Waals surface area contributed by atoms with Crippen LogP contribution in [0.25, 0.3) is 0 Å². The zero-order chi connectivity index (χ0) is 19.7. The highest BCUT2D eigenvalue weighted by Gasteiger charge is 1.97. The lowest BCUT2D eigenvalue weighted by Crippen LogP contribution is -2.15. The quantitative estimate of drug-likeness (QED) is 0.342. The summed E-state index contributed by atoms with van der Waals surface area (Å²) in [5.41, 5.74) is 15.4. The van der Waals surface area contributed by atoms with E-state index in [1.807, 2.05) is 0 Å². The van der Waals surface area contributed by atoms with Gasteiger partial charge in [-0.25, -0.2) is 14.4 Å². The fraction of sp³-hybridized carbons (Fsp3) is 0.267. The molecular formula is C15H23N3O7. The third-order valence-electron chi connectivity index (χ3n) is 2.21. The number of carbonyl (C=O) groups is 3. The average molecular weight is 357 g/mol. The van der Waals surface area contributed by atoms with E-state index in [-0.39, 0.29) is 26.4 Å². The zero-order valence-electron chi connectivity index (χ0n) is 13.7. The van der Waals surface area contributed by atoms with E-state index < -0.39 is 18.3 Å². The molecule has 0 unspecified atom stereocenters. The summed E-state index contributed by atoms with van der Waals surface area (Å²) in [6.07, 6.45) is 3.33. The van der Waals surface area contributed by atoms with Crippen molar-refractivity contribution < 1.29 is 33.7 Å². The molecule has 25 heavy (non-hydrogen) atoms. The van der Waals surface area contributed by atoms with Gasteiger partial charge in [-0.1, -0.05) is 31.4 Å². The maximum Gasteiger partial charge on any atom is 0.404 e. The van der Waals surface area contributed by atoms with Crippen LogP contribution in [0.4, 0.5) is 14.4 Å². The zero-order valence-corrected chi connectivity index (χ0v) is 13.7. The van der Waals surface area contributed by atoms with E-state index in [2.05, 4.69) is 27.4 Å². The Balaban J connectivity index is 0. The van der Waals surface area contributed by atoms with Crippen LogP contribution in [0.3, 0.4) is 0 Å². The van der Waals surface area contributed by atoms with Crippen molar-refractivity contribution >= 4 is 18.3 Å². The number of carbonyl (C=O) groups excluding carboxylic acids is 3. The SMILES string of the molecule is C=C/C(=C/CO)COC(N)=O.C=C/C(=C/COC(N)=O)COC(N)=O. The Hall–Kier alpha value is -3.27. The smallest absolute Gasteiger partial charge is 0.404 e. The summed E-state index contributed by atoms with van der Waals surface area (Å²) >= 11 is 0. The van der Waals surface area contributed by atoms with Crippen LogP contribution in [0.5, 0.6) is 0 Å². The van der Waals surface area contributed by atoms with Gasteiger partial charge in [0.25, 0.3) is 0 Å². The number of aliphatic hydroxyl groups excluding tert-OH is 1. The predicted molar refractivity (Wildman–Crippen MR) is 90.3 cm³/mol. The summed E-state index contributed by atoms with van der Waals surface area (Å²) in [4.78, 5) is 30.5. The number of aliphatic hydroxyl groups is 1. The molecule has 0 spiro atoms. The van der Waals surface area contributed by atoms with Crippen molar-refractivity contribution in [2.45, 2.75) is 0 Å². The van der Waals surface area contributed by atoms with Gasteiger partial charge in [-0.2, -0.15) is 0 Å². The number of hydrogen-bond acceptors (Lipinski definition) is 7. The van der Waals surface area contributed by atoms with Crippen LogP contribution in [0.2, 0.25) is 0 Å². The standard InChI is InChI=1S/C8H12N2O4.C7H11NO3/c1-2-6(5-14-8(10)12)3-4-13-7(9)11;1-2-6(3-4-9)5-11-7(8)10/h2-3H,1,4-5H2,(H2,9,11)(H2,10,12);2-3,9H,1,4-5H2,(H2,8,10)/b2*6-3-. The van der Waals surface area contributed by atoms with Crippen molar-refractivity contribution in [3.8, 4) is 0 Å². The molecule has 140 valence electrons. The number of hydrogen-bond donors (Lipinski definition) is 4. The number of rotatable bonds is 9. The minimum Gasteiger partial charge on any atom is -0.445 e. The Labute approximate surface area is 145 Å². The molecule has 3 amide bonds. The van der Waals surface area contributed by atoms with Crippen LogP contribution >= 0.6 is 0 Å². The highest BCUT2D eigenvalue weighted by Crippen LogP contribution is 1.97. The maximum absolute atomic E-state index is 10.2. The minimum atomic E-state index is -0.881. The topological polar surface area (TPSA) is 177 Å². The molecule has 0 atom stereocenters. The van der Waals surface area contributed by atoms with Crippen LogP contribution in [-0.4, -0.2) is 49.8 Å². The second-order valence-corrected chi connectivity index (χ2v) is 3.99. The molecule has 10 heteroatoms. The number of primary amides is 3. The normalized spacial score (nSPS) is 10.6. The summed E-state index contributed by atoms with van der Waals surface area (Å²) in [5.74, 6) is 0. The van der Waals surface area contributed by atoms with Crippen LogP contribution < -0.4 is 17.2 Å². The molecule has 0 aliphatic carbocycles. The third kappa shape index (κ3) is 18.7. The van der Waals surface area contributed by atoms with Crippen LogP contribution in [0, 0.1) is 0 Å². The third-order valence-corrected chi connectivity index (χ3v) is 2.21. The van der Waals surface area contributed by atoms with Crippen LogP contribution in [0.15, 0.2) is 48.6 Å². The van der Waals surface area contributed by atoms with E-state index in [9.17, 15) is 14.4 Å². The fourth-order valence-corrected chi connectivity index (χ4v) is 1.06. The van der Waals surface area contributed by atoms with E-state index in [1.54, 1.807) is 0 Å². The monoisotopic (exact) mass is 357 g/mol. The lowest BCUT2D eigenvalue weighted by atomic mass is 10.3. The predicted octanol–water partition coefficient (Wildman–Crippen LogP) is 0.476. The minimum absolute atomic E-state index is 0.00118. The number of nitrogens with two attached hydrogens (primary N) is 3. The Bertz CT molecular complexity index is 527. The van der Waals surface area contributed by atoms with E-state index in [0.717, 1.165) is 0 Å². The van der Waals surface area contributed by atoms with Gasteiger partial charge >= 0.3 is 18.3 Å². The molecule has 0 bridgehead atoms. The Morgan fingerprint density at radius 1 is 0.800 bits per heavy atom. The van der Waals surface area contributed by atoms with Gasteiger partial charge in [-0.3, -0.25) is 0 Å². The molecule has 0 aromatic rings. The molecular weight excluding hydrogens is 334 g/mol. The molecule has 7 N–H and O–H groups in total. The van der Waals surface area contributed by atoms with Gasteiger partial charge in [-0.05, 0) is 17.2 Å². The molecule has 0 saturated heterocycles. The largest absolute Gasteiger partial charge is 0.445 e. The summed E-state index contributed by atoms with van der Waals surface area (Å²) < 4.78 is 13.3. The van der Waals surface area contributed by atoms with Crippen LogP contribution in [-0.2, 0) is 14.2 Å². The maximum atomic E-state index is 10.2. The van der Waals surface area contributed by atoms with Gasteiger partial charge in [0.15, 0.2) is 0 Å². The van der Waals surface area contributed by atoms with Gasteiger partial charge in [0.1, 0.15) is 19.8 Å². The first-order chi connectivity index (χ1) is 11.8. The van der Waals surface area contributed by atoms with E-state index in [0.29, 0.717) is 11.1 Å². The van der Waals surface area contributed by atoms with Crippen molar-refractivity contribution in [3.63, 3.8) is 0 Å². The van der Waals surface area contributed by atoms with Gasteiger partial charge in [0.2, 0.25) is 0 Å². The molecule has 0 saturated carbocycles. The second-order valence-electron chi connectivity index (χ2n) is 3.99. The van der Waals surface area contributed by atoms with Gasteiger partial charge in [-0.15, -0.1) is 0 Å². The Morgan fingerprint density at radius 2 is 1.20 bits per heavy atom. The van der Waals surface area contributed by atoms with Crippen molar-refractivity contribution in [1.29, 1.82) is 0 Å². The van der Waals surface area contributed by atoms with Crippen molar-refractivity contribution in [3.05, 3.63) is 48.6 Å². The lowest BCUT2D eigenvalue weighted by molar-refractivity contribution is 0.163. The highest BCUT2D eigenvalue weighted by atomic mass is 16.6. The van der Waals surface area contributed by atoms with Gasteiger partial charge in [0, 0.05) is 0 Å². The summed E-state index contributed by atoms with van der Waals surface area (Å²) in [7, 11) is 0. The number of amides is 3. The Morgan fingerprint density at radius 3 is 1.52 bits per heavy atom. The van der Waals surface area contributed by atoms with E-state index in [1.165, 1.54) is 24.3 Å². The summed E-state index contributed by atoms with van der Waals surface area (Å²) in [6.45, 7) is 6.84. The fourth-order valence-electron chi connectivity index (χ4n) is 1.06. The van der Waals surface area contributed by atoms with Crippen molar-refractivity contribution in [2.75, 3.05) is 26.4 Å². The molecule has 0 radical (unpaired) electrons. The van der Waals surface area contributed by atoms with Gasteiger partial charge < -0.3 is 36.5 Å². The van der Waals surface area contributed by atoms with E-state index >= 15 is 0 Å². The molecule has 0 fully saturated rings. The second kappa shape index (κ2) is 15.6. The molecule has 0 aliphatic rings. The van der Waals surface area contributed by atoms with E-state index in [4.69, 9.17) is 22.3 Å². The summed E-state index contributed by atoms with van der Waals surface area (Å²) in [6, 6.07) is 0. The molecule has 0 aromatic carbocycles. The molecule has 0 heterocycles. The van der Waals surface area contributed by atoms with Gasteiger partial charge in [0.05, 0.1) is 6.61 Å². The first-order valence-electron chi connectivity index (χ1n) is 6.77. The molecule has 0 aromatic heterocycles. The lowest BCUT2D eigenvalue weighted by Gasteiger charge is -2.02. The molecule has 0 aliphatic heterocycles. The first-order valence-corrected chi connectivity index (χ1v) is 6.77. The first kappa shape index (κ1) is 24.0. The summed E-state index contributed by atoms with van der Waals surface area (Å²) in [5, 5.41) is 8.44. The van der Waals surface area contributed by atoms with Crippen molar-refractivity contribution in [1.82, 2.24) is 0 Å². The number of ether oxygens (including phenoxy) is 3. The van der Waals surface area contributed by atoms with Crippen LogP contribution in [0.1, 0.15) is 0 Å². The molecule has 10 nitrogen and oxygen atoms in total. The molecule has 0 rings (SSSR count). The Kier molecular flexibility index (Phi) is 15.0. The highest BCUT2D eigenvalue weighted by molar-refractivity contribution is 5.65. The van der Waals surface area contributed by atoms with Crippen molar-refractivity contribution in [2.24, 2.45) is 17.2 Å². The average Bonchev–Trinajstić information content (AvgIpc) is 2.54.